The molecule has 1 aromatic heterocycles. The Hall–Kier alpha value is -2.86. The van der Waals surface area contributed by atoms with Gasteiger partial charge in [-0.2, -0.15) is 0 Å². The molecule has 7 heteroatoms. The highest BCUT2D eigenvalue weighted by molar-refractivity contribution is 6.30. The number of likely N-dealkylation sites (N-methyl/N-ethyl adjacent to an activating group) is 1. The lowest BCUT2D eigenvalue weighted by atomic mass is 10.1. The third-order valence-corrected chi connectivity index (χ3v) is 4.99. The molecule has 0 aliphatic rings. The van der Waals surface area contributed by atoms with Crippen LogP contribution >= 0.6 is 11.6 Å². The minimum atomic E-state index is -0.344. The fraction of sp³-hybridized carbons (Fsp3) is 0.286. The smallest absolute Gasteiger partial charge is 0.261 e. The predicted octanol–water partition coefficient (Wildman–Crippen LogP) is 3.58. The zero-order chi connectivity index (χ0) is 20.3. The molecule has 1 amide bonds. The molecule has 28 heavy (non-hydrogen) atoms. The van der Waals surface area contributed by atoms with Crippen molar-refractivity contribution in [1.82, 2.24) is 14.5 Å². The summed E-state index contributed by atoms with van der Waals surface area (Å²) >= 11 is 5.86. The Morgan fingerprint density at radius 3 is 2.57 bits per heavy atom. The van der Waals surface area contributed by atoms with Gasteiger partial charge in [0.25, 0.3) is 11.5 Å². The molecule has 6 nitrogen and oxygen atoms in total. The zero-order valence-corrected chi connectivity index (χ0v) is 16.8. The van der Waals surface area contributed by atoms with Gasteiger partial charge in [-0.3, -0.25) is 14.2 Å². The predicted molar refractivity (Wildman–Crippen MR) is 110 cm³/mol. The second kappa shape index (κ2) is 8.44. The molecule has 2 aromatic carbocycles. The van der Waals surface area contributed by atoms with Crippen molar-refractivity contribution in [3.8, 4) is 5.75 Å². The maximum absolute atomic E-state index is 12.7. The number of hydrogen-bond donors (Lipinski definition) is 0. The highest BCUT2D eigenvalue weighted by Gasteiger charge is 2.25. The van der Waals surface area contributed by atoms with E-state index in [1.54, 1.807) is 55.4 Å². The van der Waals surface area contributed by atoms with E-state index in [9.17, 15) is 9.59 Å². The standard InChI is InChI=1S/C21H22ClN3O3/c1-4-18(20-23-17-8-6-5-7-16(17)21(27)25(20)3)24(2)19(26)13-28-15-11-9-14(22)10-12-15/h5-12,18H,4,13H2,1-3H3. The summed E-state index contributed by atoms with van der Waals surface area (Å²) in [5.41, 5.74) is 0.495. The van der Waals surface area contributed by atoms with E-state index in [2.05, 4.69) is 4.98 Å². The highest BCUT2D eigenvalue weighted by Crippen LogP contribution is 2.22. The number of para-hydroxylation sites is 1. The molecular formula is C21H22ClN3O3. The summed E-state index contributed by atoms with van der Waals surface area (Å²) in [6.07, 6.45) is 0.613. The summed E-state index contributed by atoms with van der Waals surface area (Å²) < 4.78 is 7.07. The van der Waals surface area contributed by atoms with Gasteiger partial charge < -0.3 is 9.64 Å². The fourth-order valence-corrected chi connectivity index (χ4v) is 3.24. The first-order valence-electron chi connectivity index (χ1n) is 9.02. The lowest BCUT2D eigenvalue weighted by Crippen LogP contribution is -2.38. The molecule has 0 spiro atoms. The van der Waals surface area contributed by atoms with Crippen LogP contribution in [-0.4, -0.2) is 34.0 Å². The van der Waals surface area contributed by atoms with Crippen molar-refractivity contribution in [2.24, 2.45) is 7.05 Å². The van der Waals surface area contributed by atoms with E-state index in [4.69, 9.17) is 16.3 Å². The third kappa shape index (κ3) is 4.02. The van der Waals surface area contributed by atoms with Crippen molar-refractivity contribution < 1.29 is 9.53 Å². The summed E-state index contributed by atoms with van der Waals surface area (Å²) in [6, 6.07) is 13.7. The van der Waals surface area contributed by atoms with Crippen LogP contribution in [0.5, 0.6) is 5.75 Å². The van der Waals surface area contributed by atoms with Gasteiger partial charge in [-0.15, -0.1) is 0 Å². The number of carbonyl (C=O) groups is 1. The molecular weight excluding hydrogens is 378 g/mol. The molecule has 0 saturated heterocycles. The van der Waals surface area contributed by atoms with Gasteiger partial charge in [-0.25, -0.2) is 4.98 Å². The number of rotatable bonds is 6. The maximum atomic E-state index is 12.7. The maximum Gasteiger partial charge on any atom is 0.261 e. The fourth-order valence-electron chi connectivity index (χ4n) is 3.11. The molecule has 0 saturated carbocycles. The summed E-state index contributed by atoms with van der Waals surface area (Å²) in [6.45, 7) is 1.84. The van der Waals surface area contributed by atoms with Crippen molar-refractivity contribution in [3.05, 3.63) is 69.7 Å². The van der Waals surface area contributed by atoms with Crippen LogP contribution in [0, 0.1) is 0 Å². The highest BCUT2D eigenvalue weighted by atomic mass is 35.5. The van der Waals surface area contributed by atoms with Crippen molar-refractivity contribution in [3.63, 3.8) is 0 Å². The van der Waals surface area contributed by atoms with Crippen LogP contribution in [-0.2, 0) is 11.8 Å². The van der Waals surface area contributed by atoms with E-state index < -0.39 is 0 Å². The lowest BCUT2D eigenvalue weighted by molar-refractivity contribution is -0.134. The first-order chi connectivity index (χ1) is 13.4. The molecule has 3 aromatic rings. The van der Waals surface area contributed by atoms with E-state index in [1.165, 1.54) is 4.57 Å². The van der Waals surface area contributed by atoms with Gasteiger partial charge in [0.15, 0.2) is 6.61 Å². The molecule has 0 aliphatic heterocycles. The number of ether oxygens (including phenoxy) is 1. The van der Waals surface area contributed by atoms with E-state index >= 15 is 0 Å². The first kappa shape index (κ1) is 19.9. The van der Waals surface area contributed by atoms with E-state index in [-0.39, 0.29) is 24.1 Å². The molecule has 0 N–H and O–H groups in total. The van der Waals surface area contributed by atoms with Crippen molar-refractivity contribution >= 4 is 28.4 Å². The van der Waals surface area contributed by atoms with Gasteiger partial charge in [-0.05, 0) is 42.8 Å². The zero-order valence-electron chi connectivity index (χ0n) is 16.1. The average Bonchev–Trinajstić information content (AvgIpc) is 2.71. The van der Waals surface area contributed by atoms with Crippen LogP contribution in [0.3, 0.4) is 0 Å². The molecule has 1 atom stereocenters. The minimum absolute atomic E-state index is 0.115. The van der Waals surface area contributed by atoms with Crippen LogP contribution < -0.4 is 10.3 Å². The number of fused-ring (bicyclic) bond motifs is 1. The Morgan fingerprint density at radius 2 is 1.89 bits per heavy atom. The van der Waals surface area contributed by atoms with Crippen molar-refractivity contribution in [1.29, 1.82) is 0 Å². The Bertz CT molecular complexity index is 1050. The SMILES string of the molecule is CCC(c1nc2ccccc2c(=O)n1C)N(C)C(=O)COc1ccc(Cl)cc1. The van der Waals surface area contributed by atoms with Crippen LogP contribution in [0.4, 0.5) is 0 Å². The normalized spacial score (nSPS) is 12.0. The Balaban J connectivity index is 1.83. The molecule has 1 heterocycles. The number of benzene rings is 2. The number of hydrogen-bond acceptors (Lipinski definition) is 4. The average molecular weight is 400 g/mol. The molecule has 0 fully saturated rings. The summed E-state index contributed by atoms with van der Waals surface area (Å²) in [7, 11) is 3.38. The second-order valence-corrected chi connectivity index (χ2v) is 6.96. The van der Waals surface area contributed by atoms with E-state index in [0.29, 0.717) is 33.9 Å². The molecule has 0 bridgehead atoms. The monoisotopic (exact) mass is 399 g/mol. The van der Waals surface area contributed by atoms with Crippen molar-refractivity contribution in [2.75, 3.05) is 13.7 Å². The molecule has 146 valence electrons. The lowest BCUT2D eigenvalue weighted by Gasteiger charge is -2.28. The quantitative estimate of drug-likeness (QED) is 0.635. The summed E-state index contributed by atoms with van der Waals surface area (Å²) in [5.74, 6) is 0.910. The van der Waals surface area contributed by atoms with Crippen LogP contribution in [0.25, 0.3) is 10.9 Å². The largest absolute Gasteiger partial charge is 0.484 e. The van der Waals surface area contributed by atoms with E-state index in [0.717, 1.165) is 0 Å². The summed E-state index contributed by atoms with van der Waals surface area (Å²) in [4.78, 5) is 31.6. The van der Waals surface area contributed by atoms with Gasteiger partial charge >= 0.3 is 0 Å². The molecule has 0 radical (unpaired) electrons. The number of carbonyl (C=O) groups excluding carboxylic acids is 1. The Kier molecular flexibility index (Phi) is 5.99. The number of amides is 1. The van der Waals surface area contributed by atoms with Gasteiger partial charge in [0, 0.05) is 19.1 Å². The van der Waals surface area contributed by atoms with Gasteiger partial charge in [0.2, 0.25) is 0 Å². The number of halogens is 1. The van der Waals surface area contributed by atoms with Crippen LogP contribution in [0.15, 0.2) is 53.3 Å². The molecule has 3 rings (SSSR count). The molecule has 1 unspecified atom stereocenters. The first-order valence-corrected chi connectivity index (χ1v) is 9.39. The van der Waals surface area contributed by atoms with Gasteiger partial charge in [0.05, 0.1) is 16.9 Å². The molecule has 0 aliphatic carbocycles. The Morgan fingerprint density at radius 1 is 1.21 bits per heavy atom. The van der Waals surface area contributed by atoms with E-state index in [1.807, 2.05) is 19.1 Å². The topological polar surface area (TPSA) is 64.4 Å². The third-order valence-electron chi connectivity index (χ3n) is 4.74. The summed E-state index contributed by atoms with van der Waals surface area (Å²) in [5, 5.41) is 1.16. The van der Waals surface area contributed by atoms with Gasteiger partial charge in [0.1, 0.15) is 11.6 Å². The second-order valence-electron chi connectivity index (χ2n) is 6.52. The number of aromatic nitrogens is 2. The van der Waals surface area contributed by atoms with Crippen LogP contribution in [0.1, 0.15) is 25.2 Å². The van der Waals surface area contributed by atoms with Crippen molar-refractivity contribution in [2.45, 2.75) is 19.4 Å². The Labute approximate surface area is 168 Å². The van der Waals surface area contributed by atoms with Gasteiger partial charge in [-0.1, -0.05) is 30.7 Å². The minimum Gasteiger partial charge on any atom is -0.484 e. The number of nitrogens with zero attached hydrogens (tertiary/aromatic N) is 3. The van der Waals surface area contributed by atoms with Crippen LogP contribution in [0.2, 0.25) is 5.02 Å².